The van der Waals surface area contributed by atoms with E-state index in [1.165, 1.54) is 17.7 Å². The van der Waals surface area contributed by atoms with E-state index in [1.807, 2.05) is 24.0 Å². The normalized spacial score (nSPS) is 16.6. The van der Waals surface area contributed by atoms with Gasteiger partial charge in [-0.15, -0.1) is 24.0 Å². The van der Waals surface area contributed by atoms with Gasteiger partial charge in [-0.3, -0.25) is 4.99 Å². The summed E-state index contributed by atoms with van der Waals surface area (Å²) in [5, 5.41) is 11.4. The second-order valence-electron chi connectivity index (χ2n) is 7.31. The molecular formula is C23H29IN6. The van der Waals surface area contributed by atoms with Crippen LogP contribution in [0.2, 0.25) is 0 Å². The minimum Gasteiger partial charge on any atom is -0.369 e. The first-order valence-corrected chi connectivity index (χ1v) is 10.2. The molecule has 158 valence electrons. The number of para-hydroxylation sites is 1. The molecule has 30 heavy (non-hydrogen) atoms. The zero-order chi connectivity index (χ0) is 19.9. The van der Waals surface area contributed by atoms with Gasteiger partial charge in [-0.05, 0) is 48.7 Å². The van der Waals surface area contributed by atoms with Crippen molar-refractivity contribution in [1.29, 1.82) is 0 Å². The fourth-order valence-electron chi connectivity index (χ4n) is 3.77. The summed E-state index contributed by atoms with van der Waals surface area (Å²) in [4.78, 5) is 6.87. The number of piperidine rings is 1. The van der Waals surface area contributed by atoms with Gasteiger partial charge in [0.05, 0.1) is 5.69 Å². The van der Waals surface area contributed by atoms with Crippen molar-refractivity contribution < 1.29 is 0 Å². The highest BCUT2D eigenvalue weighted by atomic mass is 127. The van der Waals surface area contributed by atoms with Gasteiger partial charge < -0.3 is 15.5 Å². The third kappa shape index (κ3) is 5.75. The maximum absolute atomic E-state index is 4.43. The fourth-order valence-corrected chi connectivity index (χ4v) is 3.77. The molecule has 0 aliphatic carbocycles. The SMILES string of the molecule is CN=C(NCc1cccc(-n2cccn2)c1)NC1CCCN(c2ccccc2)C1.I. The van der Waals surface area contributed by atoms with E-state index in [9.17, 15) is 0 Å². The van der Waals surface area contributed by atoms with Gasteiger partial charge in [0.2, 0.25) is 0 Å². The lowest BCUT2D eigenvalue weighted by molar-refractivity contribution is 0.468. The number of anilines is 1. The number of benzene rings is 2. The maximum atomic E-state index is 4.43. The Bertz CT molecular complexity index is 926. The number of aliphatic imine (C=N–C) groups is 1. The van der Waals surface area contributed by atoms with Gasteiger partial charge >= 0.3 is 0 Å². The van der Waals surface area contributed by atoms with Crippen LogP contribution in [0.5, 0.6) is 0 Å². The highest BCUT2D eigenvalue weighted by molar-refractivity contribution is 14.0. The second-order valence-corrected chi connectivity index (χ2v) is 7.31. The van der Waals surface area contributed by atoms with Crippen molar-refractivity contribution in [2.45, 2.75) is 25.4 Å². The van der Waals surface area contributed by atoms with Gasteiger partial charge in [0.15, 0.2) is 5.96 Å². The zero-order valence-corrected chi connectivity index (χ0v) is 19.6. The van der Waals surface area contributed by atoms with Crippen LogP contribution in [0.3, 0.4) is 0 Å². The highest BCUT2D eigenvalue weighted by Gasteiger charge is 2.20. The van der Waals surface area contributed by atoms with Gasteiger partial charge in [0.1, 0.15) is 0 Å². The summed E-state index contributed by atoms with van der Waals surface area (Å²) in [6.45, 7) is 2.80. The second kappa shape index (κ2) is 11.0. The number of rotatable bonds is 5. The van der Waals surface area contributed by atoms with Crippen LogP contribution in [0.15, 0.2) is 78.0 Å². The minimum absolute atomic E-state index is 0. The lowest BCUT2D eigenvalue weighted by Crippen LogP contribution is -2.51. The predicted molar refractivity (Wildman–Crippen MR) is 134 cm³/mol. The van der Waals surface area contributed by atoms with Gasteiger partial charge in [0, 0.05) is 50.8 Å². The molecule has 1 saturated heterocycles. The number of hydrogen-bond acceptors (Lipinski definition) is 3. The number of halogens is 1. The molecule has 2 N–H and O–H groups in total. The first-order chi connectivity index (χ1) is 14.3. The lowest BCUT2D eigenvalue weighted by Gasteiger charge is -2.35. The topological polar surface area (TPSA) is 57.5 Å². The minimum atomic E-state index is 0. The summed E-state index contributed by atoms with van der Waals surface area (Å²) in [5.41, 5.74) is 3.54. The number of hydrogen-bond donors (Lipinski definition) is 2. The molecule has 0 amide bonds. The van der Waals surface area contributed by atoms with E-state index in [0.29, 0.717) is 12.6 Å². The summed E-state index contributed by atoms with van der Waals surface area (Å²) in [5.74, 6) is 0.842. The summed E-state index contributed by atoms with van der Waals surface area (Å²) in [6, 6.07) is 21.3. The van der Waals surface area contributed by atoms with E-state index in [1.54, 1.807) is 6.20 Å². The molecule has 1 fully saturated rings. The van der Waals surface area contributed by atoms with Crippen molar-refractivity contribution in [2.24, 2.45) is 4.99 Å². The molecule has 1 aliphatic rings. The summed E-state index contributed by atoms with van der Waals surface area (Å²) < 4.78 is 1.87. The van der Waals surface area contributed by atoms with Crippen molar-refractivity contribution in [2.75, 3.05) is 25.0 Å². The molecule has 1 aliphatic heterocycles. The summed E-state index contributed by atoms with van der Waals surface area (Å²) in [6.07, 6.45) is 6.07. The molecule has 1 atom stereocenters. The molecule has 1 unspecified atom stereocenters. The van der Waals surface area contributed by atoms with Crippen LogP contribution < -0.4 is 15.5 Å². The molecule has 7 heteroatoms. The van der Waals surface area contributed by atoms with Crippen LogP contribution in [-0.4, -0.2) is 41.9 Å². The molecule has 2 heterocycles. The Hall–Kier alpha value is -2.55. The Labute approximate surface area is 195 Å². The lowest BCUT2D eigenvalue weighted by atomic mass is 10.0. The van der Waals surface area contributed by atoms with Crippen LogP contribution in [0.1, 0.15) is 18.4 Å². The van der Waals surface area contributed by atoms with E-state index >= 15 is 0 Å². The number of nitrogens with zero attached hydrogens (tertiary/aromatic N) is 4. The predicted octanol–water partition coefficient (Wildman–Crippen LogP) is 3.82. The molecule has 4 rings (SSSR count). The van der Waals surface area contributed by atoms with Gasteiger partial charge in [-0.25, -0.2) is 4.68 Å². The van der Waals surface area contributed by atoms with Crippen LogP contribution in [0, 0.1) is 0 Å². The Morgan fingerprint density at radius 2 is 1.93 bits per heavy atom. The van der Waals surface area contributed by atoms with E-state index in [4.69, 9.17) is 0 Å². The molecule has 6 nitrogen and oxygen atoms in total. The molecule has 0 radical (unpaired) electrons. The van der Waals surface area contributed by atoms with Crippen LogP contribution in [0.25, 0.3) is 5.69 Å². The van der Waals surface area contributed by atoms with Crippen molar-refractivity contribution in [1.82, 2.24) is 20.4 Å². The van der Waals surface area contributed by atoms with E-state index < -0.39 is 0 Å². The maximum Gasteiger partial charge on any atom is 0.191 e. The molecule has 0 spiro atoms. The number of nitrogens with one attached hydrogen (secondary N) is 2. The quantitative estimate of drug-likeness (QED) is 0.308. The average molecular weight is 516 g/mol. The Morgan fingerprint density at radius 1 is 1.10 bits per heavy atom. The van der Waals surface area contributed by atoms with Crippen LogP contribution in [-0.2, 0) is 6.54 Å². The third-order valence-electron chi connectivity index (χ3n) is 5.25. The third-order valence-corrected chi connectivity index (χ3v) is 5.25. The van der Waals surface area contributed by atoms with E-state index in [-0.39, 0.29) is 24.0 Å². The van der Waals surface area contributed by atoms with Gasteiger partial charge in [-0.1, -0.05) is 30.3 Å². The van der Waals surface area contributed by atoms with Crippen molar-refractivity contribution in [3.8, 4) is 5.69 Å². The van der Waals surface area contributed by atoms with Crippen molar-refractivity contribution >= 4 is 35.6 Å². The Balaban J connectivity index is 0.00000256. The Morgan fingerprint density at radius 3 is 2.70 bits per heavy atom. The zero-order valence-electron chi connectivity index (χ0n) is 17.2. The van der Waals surface area contributed by atoms with E-state index in [0.717, 1.165) is 31.2 Å². The standard InChI is InChI=1S/C23H28N6.HI/c1-24-23(25-17-19-8-5-12-22(16-19)29-15-7-13-26-29)27-20-9-6-14-28(18-20)21-10-3-2-4-11-21;/h2-5,7-8,10-13,15-16,20H,6,9,14,17-18H2,1H3,(H2,24,25,27);1H. The average Bonchev–Trinajstić information content (AvgIpc) is 3.33. The fraction of sp³-hybridized carbons (Fsp3) is 0.304. The summed E-state index contributed by atoms with van der Waals surface area (Å²) >= 11 is 0. The Kier molecular flexibility index (Phi) is 8.12. The molecule has 2 aromatic carbocycles. The van der Waals surface area contributed by atoms with Crippen LogP contribution in [0.4, 0.5) is 5.69 Å². The molecular weight excluding hydrogens is 487 g/mol. The van der Waals surface area contributed by atoms with Crippen LogP contribution >= 0.6 is 24.0 Å². The molecule has 1 aromatic heterocycles. The molecule has 0 bridgehead atoms. The largest absolute Gasteiger partial charge is 0.369 e. The first-order valence-electron chi connectivity index (χ1n) is 10.2. The molecule has 0 saturated carbocycles. The monoisotopic (exact) mass is 516 g/mol. The van der Waals surface area contributed by atoms with E-state index in [2.05, 4.69) is 80.2 Å². The molecule has 3 aromatic rings. The van der Waals surface area contributed by atoms with Gasteiger partial charge in [-0.2, -0.15) is 5.10 Å². The summed E-state index contributed by atoms with van der Waals surface area (Å²) in [7, 11) is 1.83. The number of guanidine groups is 1. The van der Waals surface area contributed by atoms with Crippen molar-refractivity contribution in [3.63, 3.8) is 0 Å². The first kappa shape index (κ1) is 22.1. The highest BCUT2D eigenvalue weighted by Crippen LogP contribution is 2.19. The van der Waals surface area contributed by atoms with Gasteiger partial charge in [0.25, 0.3) is 0 Å². The number of aromatic nitrogens is 2. The van der Waals surface area contributed by atoms with Crippen molar-refractivity contribution in [3.05, 3.63) is 78.6 Å². The smallest absolute Gasteiger partial charge is 0.191 e.